The molecule has 1 aromatic carbocycles. The topological polar surface area (TPSA) is 72.4 Å². The highest BCUT2D eigenvalue weighted by Gasteiger charge is 2.25. The summed E-state index contributed by atoms with van der Waals surface area (Å²) in [6.07, 6.45) is 5.80. The van der Waals surface area contributed by atoms with Crippen LogP contribution in [0.15, 0.2) is 34.9 Å². The standard InChI is InChI=1S/C18H22ClN3O2.2ClH/c19-14-6-4-13(5-7-14)16-12-21-17(24-16)8-9-18(23)22-10-2-1-3-15(22)11-20;;/h4-7,12,15H,1-3,8-11,20H2;2*1H. The van der Waals surface area contributed by atoms with Crippen molar-refractivity contribution in [2.75, 3.05) is 13.1 Å². The minimum Gasteiger partial charge on any atom is -0.441 e. The van der Waals surface area contributed by atoms with E-state index in [-0.39, 0.29) is 36.8 Å². The van der Waals surface area contributed by atoms with Crippen LogP contribution in [0.1, 0.15) is 31.6 Å². The molecule has 1 amide bonds. The van der Waals surface area contributed by atoms with E-state index in [9.17, 15) is 4.79 Å². The summed E-state index contributed by atoms with van der Waals surface area (Å²) in [6.45, 7) is 1.34. The molecule has 0 bridgehead atoms. The Labute approximate surface area is 171 Å². The molecule has 1 saturated heterocycles. The fourth-order valence-electron chi connectivity index (χ4n) is 3.10. The average molecular weight is 421 g/mol. The summed E-state index contributed by atoms with van der Waals surface area (Å²) >= 11 is 5.89. The third-order valence-corrected chi connectivity index (χ3v) is 4.71. The predicted octanol–water partition coefficient (Wildman–Crippen LogP) is 4.11. The lowest BCUT2D eigenvalue weighted by Crippen LogP contribution is -2.47. The van der Waals surface area contributed by atoms with E-state index in [1.165, 1.54) is 0 Å². The zero-order chi connectivity index (χ0) is 16.9. The lowest BCUT2D eigenvalue weighted by molar-refractivity contribution is -0.134. The van der Waals surface area contributed by atoms with Gasteiger partial charge in [0.15, 0.2) is 11.7 Å². The Morgan fingerprint density at radius 1 is 1.27 bits per heavy atom. The maximum absolute atomic E-state index is 12.4. The molecule has 1 unspecified atom stereocenters. The van der Waals surface area contributed by atoms with Gasteiger partial charge < -0.3 is 15.1 Å². The van der Waals surface area contributed by atoms with Crippen molar-refractivity contribution < 1.29 is 9.21 Å². The Morgan fingerprint density at radius 2 is 2.00 bits per heavy atom. The van der Waals surface area contributed by atoms with Crippen molar-refractivity contribution >= 4 is 42.3 Å². The molecule has 1 aromatic heterocycles. The molecule has 0 aliphatic carbocycles. The molecule has 1 aliphatic rings. The summed E-state index contributed by atoms with van der Waals surface area (Å²) in [5, 5.41) is 0.681. The molecular formula is C18H24Cl3N3O2. The molecule has 26 heavy (non-hydrogen) atoms. The fraction of sp³-hybridized carbons (Fsp3) is 0.444. The molecule has 8 heteroatoms. The van der Waals surface area contributed by atoms with E-state index in [4.69, 9.17) is 21.8 Å². The van der Waals surface area contributed by atoms with Gasteiger partial charge in [-0.25, -0.2) is 4.98 Å². The molecule has 2 N–H and O–H groups in total. The number of nitrogens with zero attached hydrogens (tertiary/aromatic N) is 2. The number of rotatable bonds is 5. The molecule has 5 nitrogen and oxygen atoms in total. The second-order valence-electron chi connectivity index (χ2n) is 6.10. The molecule has 3 rings (SSSR count). The zero-order valence-corrected chi connectivity index (χ0v) is 16.8. The number of carbonyl (C=O) groups excluding carboxylic acids is 1. The fourth-order valence-corrected chi connectivity index (χ4v) is 3.23. The summed E-state index contributed by atoms with van der Waals surface area (Å²) in [5.41, 5.74) is 6.70. The monoisotopic (exact) mass is 419 g/mol. The summed E-state index contributed by atoms with van der Waals surface area (Å²) in [4.78, 5) is 18.6. The van der Waals surface area contributed by atoms with Crippen LogP contribution in [0.5, 0.6) is 0 Å². The SMILES string of the molecule is Cl.Cl.NCC1CCCCN1C(=O)CCc1ncc(-c2ccc(Cl)cc2)o1. The summed E-state index contributed by atoms with van der Waals surface area (Å²) < 4.78 is 5.75. The van der Waals surface area contributed by atoms with Gasteiger partial charge in [-0.1, -0.05) is 11.6 Å². The van der Waals surface area contributed by atoms with E-state index >= 15 is 0 Å². The normalized spacial score (nSPS) is 16.5. The van der Waals surface area contributed by atoms with E-state index in [0.717, 1.165) is 31.4 Å². The van der Waals surface area contributed by atoms with Gasteiger partial charge in [0.25, 0.3) is 0 Å². The Balaban J connectivity index is 0.00000169. The van der Waals surface area contributed by atoms with Gasteiger partial charge in [0, 0.05) is 42.6 Å². The van der Waals surface area contributed by atoms with Crippen molar-refractivity contribution in [1.29, 1.82) is 0 Å². The molecule has 1 fully saturated rings. The van der Waals surface area contributed by atoms with Crippen molar-refractivity contribution in [3.63, 3.8) is 0 Å². The number of halogens is 3. The van der Waals surface area contributed by atoms with E-state index < -0.39 is 0 Å². The first kappa shape index (κ1) is 22.8. The van der Waals surface area contributed by atoms with Crippen LogP contribution >= 0.6 is 36.4 Å². The van der Waals surface area contributed by atoms with Crippen LogP contribution in [0.25, 0.3) is 11.3 Å². The van der Waals surface area contributed by atoms with Crippen molar-refractivity contribution in [3.05, 3.63) is 41.4 Å². The van der Waals surface area contributed by atoms with Gasteiger partial charge in [-0.05, 0) is 43.5 Å². The third-order valence-electron chi connectivity index (χ3n) is 4.45. The number of nitrogens with two attached hydrogens (primary N) is 1. The van der Waals surface area contributed by atoms with Gasteiger partial charge in [0.1, 0.15) is 0 Å². The van der Waals surface area contributed by atoms with Gasteiger partial charge in [0.2, 0.25) is 5.91 Å². The third kappa shape index (κ3) is 5.61. The van der Waals surface area contributed by atoms with E-state index in [2.05, 4.69) is 4.98 Å². The largest absolute Gasteiger partial charge is 0.441 e. The zero-order valence-electron chi connectivity index (χ0n) is 14.4. The molecule has 0 radical (unpaired) electrons. The van der Waals surface area contributed by atoms with Gasteiger partial charge >= 0.3 is 0 Å². The number of benzene rings is 1. The second-order valence-corrected chi connectivity index (χ2v) is 6.53. The molecule has 2 aromatic rings. The minimum absolute atomic E-state index is 0. The Morgan fingerprint density at radius 3 is 2.69 bits per heavy atom. The smallest absolute Gasteiger partial charge is 0.223 e. The average Bonchev–Trinajstić information content (AvgIpc) is 3.09. The lowest BCUT2D eigenvalue weighted by Gasteiger charge is -2.35. The van der Waals surface area contributed by atoms with Crippen LogP contribution in [-0.2, 0) is 11.2 Å². The molecule has 1 aliphatic heterocycles. The highest BCUT2D eigenvalue weighted by molar-refractivity contribution is 6.30. The molecule has 0 spiro atoms. The summed E-state index contributed by atoms with van der Waals surface area (Å²) in [5.74, 6) is 1.40. The quantitative estimate of drug-likeness (QED) is 0.790. The van der Waals surface area contributed by atoms with Crippen molar-refractivity contribution in [2.24, 2.45) is 5.73 Å². The van der Waals surface area contributed by atoms with Crippen LogP contribution in [-0.4, -0.2) is 34.9 Å². The molecule has 0 saturated carbocycles. The van der Waals surface area contributed by atoms with Crippen LogP contribution in [0.2, 0.25) is 5.02 Å². The number of likely N-dealkylation sites (tertiary alicyclic amines) is 1. The maximum Gasteiger partial charge on any atom is 0.223 e. The van der Waals surface area contributed by atoms with Crippen molar-refractivity contribution in [1.82, 2.24) is 9.88 Å². The Bertz CT molecular complexity index is 691. The van der Waals surface area contributed by atoms with Crippen LogP contribution in [0.3, 0.4) is 0 Å². The predicted molar refractivity (Wildman–Crippen MR) is 108 cm³/mol. The molecule has 2 heterocycles. The number of hydrogen-bond acceptors (Lipinski definition) is 4. The van der Waals surface area contributed by atoms with Crippen molar-refractivity contribution in [2.45, 2.75) is 38.1 Å². The molecule has 144 valence electrons. The first-order valence-corrected chi connectivity index (χ1v) is 8.75. The lowest BCUT2D eigenvalue weighted by atomic mass is 10.0. The number of hydrogen-bond donors (Lipinski definition) is 1. The Kier molecular flexibility index (Phi) is 9.44. The number of piperidine rings is 1. The van der Waals surface area contributed by atoms with Crippen molar-refractivity contribution in [3.8, 4) is 11.3 Å². The highest BCUT2D eigenvalue weighted by atomic mass is 35.5. The number of carbonyl (C=O) groups is 1. The van der Waals surface area contributed by atoms with Gasteiger partial charge in [-0.15, -0.1) is 24.8 Å². The minimum atomic E-state index is 0. The molecular weight excluding hydrogens is 397 g/mol. The van der Waals surface area contributed by atoms with Crippen LogP contribution < -0.4 is 5.73 Å². The second kappa shape index (κ2) is 10.8. The number of aryl methyl sites for hydroxylation is 1. The van der Waals surface area contributed by atoms with Gasteiger partial charge in [-0.3, -0.25) is 4.79 Å². The summed E-state index contributed by atoms with van der Waals surface area (Å²) in [7, 11) is 0. The van der Waals surface area contributed by atoms with E-state index in [0.29, 0.717) is 36.1 Å². The van der Waals surface area contributed by atoms with Gasteiger partial charge in [-0.2, -0.15) is 0 Å². The highest BCUT2D eigenvalue weighted by Crippen LogP contribution is 2.23. The van der Waals surface area contributed by atoms with Crippen LogP contribution in [0, 0.1) is 0 Å². The van der Waals surface area contributed by atoms with Crippen LogP contribution in [0.4, 0.5) is 0 Å². The van der Waals surface area contributed by atoms with E-state index in [1.807, 2.05) is 29.2 Å². The van der Waals surface area contributed by atoms with E-state index in [1.54, 1.807) is 6.20 Å². The number of oxazole rings is 1. The number of aromatic nitrogens is 1. The first-order valence-electron chi connectivity index (χ1n) is 8.37. The maximum atomic E-state index is 12.4. The Hall–Kier alpha value is -1.27. The van der Waals surface area contributed by atoms with Gasteiger partial charge in [0.05, 0.1) is 6.20 Å². The summed E-state index contributed by atoms with van der Waals surface area (Å²) in [6, 6.07) is 7.58. The number of amides is 1. The first-order chi connectivity index (χ1) is 11.7. The molecule has 1 atom stereocenters.